The number of aryl methyl sites for hydroxylation is 1. The summed E-state index contributed by atoms with van der Waals surface area (Å²) < 4.78 is 10.9. The maximum atomic E-state index is 11.3. The van der Waals surface area contributed by atoms with Gasteiger partial charge in [0.15, 0.2) is 0 Å². The molecule has 1 aliphatic carbocycles. The summed E-state index contributed by atoms with van der Waals surface area (Å²) in [6.07, 6.45) is 9.20. The number of fused-ring (bicyclic) bond motifs is 1. The number of rotatable bonds is 9. The van der Waals surface area contributed by atoms with Gasteiger partial charge in [-0.15, -0.1) is 0 Å². The van der Waals surface area contributed by atoms with E-state index in [9.17, 15) is 15.0 Å². The van der Waals surface area contributed by atoms with Crippen molar-refractivity contribution in [1.82, 2.24) is 0 Å². The lowest BCUT2D eigenvalue weighted by Gasteiger charge is -2.21. The Morgan fingerprint density at radius 2 is 2.23 bits per heavy atom. The fraction of sp³-hybridized carbons (Fsp3) is 0.640. The van der Waals surface area contributed by atoms with E-state index in [-0.39, 0.29) is 23.9 Å². The van der Waals surface area contributed by atoms with E-state index in [0.717, 1.165) is 37.7 Å². The fourth-order valence-electron chi connectivity index (χ4n) is 4.94. The van der Waals surface area contributed by atoms with Crippen molar-refractivity contribution in [3.8, 4) is 0 Å². The third-order valence-corrected chi connectivity index (χ3v) is 6.97. The lowest BCUT2D eigenvalue weighted by Crippen LogP contribution is -2.21. The second kappa shape index (κ2) is 12.0. The maximum Gasteiger partial charge on any atom is 0.305 e. The van der Waals surface area contributed by atoms with Gasteiger partial charge in [-0.25, -0.2) is 0 Å². The number of aliphatic hydroxyl groups excluding tert-OH is 2. The quantitative estimate of drug-likeness (QED) is 0.432. The summed E-state index contributed by atoms with van der Waals surface area (Å²) in [4.78, 5) is 11.3. The number of benzene rings is 1. The van der Waals surface area contributed by atoms with Crippen LogP contribution in [0.3, 0.4) is 0 Å². The molecule has 0 radical (unpaired) electrons. The number of hydrogen-bond donors (Lipinski definition) is 2. The summed E-state index contributed by atoms with van der Waals surface area (Å²) in [5.74, 6) is 0.575. The van der Waals surface area contributed by atoms with E-state index in [1.807, 2.05) is 36.4 Å². The minimum Gasteiger partial charge on any atom is -0.469 e. The molecule has 2 fully saturated rings. The summed E-state index contributed by atoms with van der Waals surface area (Å²) in [5.41, 5.74) is 1.11. The molecule has 0 unspecified atom stereocenters. The summed E-state index contributed by atoms with van der Waals surface area (Å²) in [6.45, 7) is 0.688. The standard InChI is InChI=1S/C25H35ClO5/c1-30-25(29)7-3-5-18-9-12-22-21(23(28)15-24(22)31-16-18)13-11-20(27)10-8-17-4-2-6-19(26)14-17/h2,4,6,11,13-14,18,20-24,27-28H,3,5,7-10,12,15-16H2,1H3/b13-11+/t18-,20+,21+,22+,23+,24-/m0/s1. The first-order valence-electron chi connectivity index (χ1n) is 11.4. The molecular formula is C25H35ClO5. The molecule has 1 aromatic carbocycles. The maximum absolute atomic E-state index is 11.3. The Labute approximate surface area is 190 Å². The molecule has 172 valence electrons. The molecule has 3 rings (SSSR count). The number of hydrogen-bond acceptors (Lipinski definition) is 5. The average Bonchev–Trinajstić information content (AvgIpc) is 2.92. The van der Waals surface area contributed by atoms with Crippen LogP contribution in [0.25, 0.3) is 0 Å². The lowest BCUT2D eigenvalue weighted by molar-refractivity contribution is -0.140. The van der Waals surface area contributed by atoms with Crippen molar-refractivity contribution in [2.45, 2.75) is 69.7 Å². The summed E-state index contributed by atoms with van der Waals surface area (Å²) >= 11 is 6.02. The van der Waals surface area contributed by atoms with Crippen molar-refractivity contribution in [2.75, 3.05) is 13.7 Å². The van der Waals surface area contributed by atoms with Gasteiger partial charge in [0.1, 0.15) is 0 Å². The number of methoxy groups -OCH3 is 1. The van der Waals surface area contributed by atoms with E-state index < -0.39 is 12.2 Å². The van der Waals surface area contributed by atoms with E-state index in [4.69, 9.17) is 21.1 Å². The van der Waals surface area contributed by atoms with Gasteiger partial charge in [-0.1, -0.05) is 35.9 Å². The van der Waals surface area contributed by atoms with E-state index in [0.29, 0.717) is 36.8 Å². The van der Waals surface area contributed by atoms with Gasteiger partial charge < -0.3 is 19.7 Å². The third kappa shape index (κ3) is 7.31. The van der Waals surface area contributed by atoms with Gasteiger partial charge >= 0.3 is 5.97 Å². The molecule has 1 saturated carbocycles. The molecule has 0 aromatic heterocycles. The first kappa shape index (κ1) is 24.2. The molecule has 6 heteroatoms. The minimum atomic E-state index is -0.553. The first-order valence-corrected chi connectivity index (χ1v) is 11.8. The van der Waals surface area contributed by atoms with Gasteiger partial charge in [-0.2, -0.15) is 0 Å². The molecule has 1 aromatic rings. The molecule has 1 aliphatic heterocycles. The van der Waals surface area contributed by atoms with E-state index >= 15 is 0 Å². The molecule has 6 atom stereocenters. The van der Waals surface area contributed by atoms with Crippen molar-refractivity contribution in [1.29, 1.82) is 0 Å². The topological polar surface area (TPSA) is 76.0 Å². The molecule has 0 amide bonds. The summed E-state index contributed by atoms with van der Waals surface area (Å²) in [6, 6.07) is 7.70. The zero-order chi connectivity index (χ0) is 22.2. The second-order valence-electron chi connectivity index (χ2n) is 8.95. The van der Waals surface area contributed by atoms with Crippen LogP contribution < -0.4 is 0 Å². The summed E-state index contributed by atoms with van der Waals surface area (Å²) in [5, 5.41) is 21.7. The Morgan fingerprint density at radius 1 is 1.39 bits per heavy atom. The zero-order valence-electron chi connectivity index (χ0n) is 18.3. The van der Waals surface area contributed by atoms with Crippen LogP contribution in [-0.4, -0.2) is 48.2 Å². The number of aliphatic hydroxyl groups is 2. The van der Waals surface area contributed by atoms with Crippen molar-refractivity contribution in [3.63, 3.8) is 0 Å². The number of ether oxygens (including phenoxy) is 2. The summed E-state index contributed by atoms with van der Waals surface area (Å²) in [7, 11) is 1.42. The largest absolute Gasteiger partial charge is 0.469 e. The van der Waals surface area contributed by atoms with E-state index in [2.05, 4.69) is 0 Å². The van der Waals surface area contributed by atoms with Crippen molar-refractivity contribution in [3.05, 3.63) is 47.0 Å². The Kier molecular flexibility index (Phi) is 9.39. The Hall–Kier alpha value is -1.40. The first-order chi connectivity index (χ1) is 15.0. The molecule has 0 bridgehead atoms. The predicted molar refractivity (Wildman–Crippen MR) is 121 cm³/mol. The van der Waals surface area contributed by atoms with Gasteiger partial charge in [0.25, 0.3) is 0 Å². The smallest absolute Gasteiger partial charge is 0.305 e. The highest BCUT2D eigenvalue weighted by molar-refractivity contribution is 6.30. The fourth-order valence-corrected chi connectivity index (χ4v) is 5.15. The molecule has 5 nitrogen and oxygen atoms in total. The van der Waals surface area contributed by atoms with Crippen LogP contribution in [0.1, 0.15) is 50.5 Å². The Balaban J connectivity index is 1.48. The molecule has 2 N–H and O–H groups in total. The molecule has 31 heavy (non-hydrogen) atoms. The number of carbonyl (C=O) groups is 1. The third-order valence-electron chi connectivity index (χ3n) is 6.74. The molecular weight excluding hydrogens is 416 g/mol. The average molecular weight is 451 g/mol. The van der Waals surface area contributed by atoms with Crippen LogP contribution in [-0.2, 0) is 20.7 Å². The number of halogens is 1. The Bertz CT molecular complexity index is 736. The van der Waals surface area contributed by atoms with Gasteiger partial charge in [-0.3, -0.25) is 4.79 Å². The predicted octanol–water partition coefficient (Wildman–Crippen LogP) is 4.33. The van der Waals surface area contributed by atoms with Crippen LogP contribution in [0.2, 0.25) is 5.02 Å². The monoisotopic (exact) mass is 450 g/mol. The molecule has 2 aliphatic rings. The van der Waals surface area contributed by atoms with Gasteiger partial charge in [-0.05, 0) is 68.1 Å². The van der Waals surface area contributed by atoms with Crippen molar-refractivity contribution >= 4 is 17.6 Å². The van der Waals surface area contributed by atoms with Crippen LogP contribution in [0.5, 0.6) is 0 Å². The SMILES string of the molecule is COC(=O)CCC[C@H]1CC[C@@H]2[C@@H](/C=C/[C@H](O)CCc3cccc(Cl)c3)[C@H](O)C[C@@H]2OC1. The highest BCUT2D eigenvalue weighted by Gasteiger charge is 2.43. The normalized spacial score (nSPS) is 29.5. The van der Waals surface area contributed by atoms with Crippen LogP contribution >= 0.6 is 11.6 Å². The molecule has 0 spiro atoms. The zero-order valence-corrected chi connectivity index (χ0v) is 19.0. The van der Waals surface area contributed by atoms with Crippen molar-refractivity contribution < 1.29 is 24.5 Å². The van der Waals surface area contributed by atoms with Crippen LogP contribution in [0.4, 0.5) is 0 Å². The van der Waals surface area contributed by atoms with E-state index in [1.165, 1.54) is 7.11 Å². The second-order valence-corrected chi connectivity index (χ2v) is 9.39. The van der Waals surface area contributed by atoms with Gasteiger partial charge in [0.2, 0.25) is 0 Å². The highest BCUT2D eigenvalue weighted by Crippen LogP contribution is 2.42. The minimum absolute atomic E-state index is 0.0136. The lowest BCUT2D eigenvalue weighted by atomic mass is 9.86. The van der Waals surface area contributed by atoms with Gasteiger partial charge in [0, 0.05) is 30.4 Å². The Morgan fingerprint density at radius 3 is 3.00 bits per heavy atom. The molecule has 1 saturated heterocycles. The highest BCUT2D eigenvalue weighted by atomic mass is 35.5. The van der Waals surface area contributed by atoms with E-state index in [1.54, 1.807) is 0 Å². The van der Waals surface area contributed by atoms with Crippen LogP contribution in [0, 0.1) is 17.8 Å². The number of carbonyl (C=O) groups excluding carboxylic acids is 1. The number of esters is 1. The van der Waals surface area contributed by atoms with Crippen molar-refractivity contribution in [2.24, 2.45) is 17.8 Å². The van der Waals surface area contributed by atoms with Crippen LogP contribution in [0.15, 0.2) is 36.4 Å². The van der Waals surface area contributed by atoms with Gasteiger partial charge in [0.05, 0.1) is 25.4 Å². The molecule has 1 heterocycles.